The number of benzene rings is 1. The van der Waals surface area contributed by atoms with Crippen LogP contribution in [0.4, 0.5) is 19.0 Å². The van der Waals surface area contributed by atoms with E-state index in [-0.39, 0.29) is 24.2 Å². The van der Waals surface area contributed by atoms with E-state index in [0.29, 0.717) is 25.0 Å². The van der Waals surface area contributed by atoms with Gasteiger partial charge in [0.05, 0.1) is 16.5 Å². The number of nitriles is 1. The number of carboxylic acid groups (broad SMARTS) is 1. The fourth-order valence-corrected chi connectivity index (χ4v) is 5.41. The minimum absolute atomic E-state index is 0.0589. The van der Waals surface area contributed by atoms with Crippen LogP contribution in [0.2, 0.25) is 0 Å². The molecule has 1 fully saturated rings. The molecule has 0 saturated carbocycles. The fourth-order valence-electron chi connectivity index (χ4n) is 3.92. The Morgan fingerprint density at radius 2 is 1.81 bits per heavy atom. The number of piperazine rings is 1. The topological polar surface area (TPSA) is 120 Å². The highest BCUT2D eigenvalue weighted by atomic mass is 32.2. The Hall–Kier alpha value is -3.89. The van der Waals surface area contributed by atoms with E-state index in [1.165, 1.54) is 18.5 Å². The normalized spacial score (nSPS) is 15.9. The molecule has 3 aromatic rings. The zero-order valence-corrected chi connectivity index (χ0v) is 19.4. The molecule has 0 radical (unpaired) electrons. The van der Waals surface area contributed by atoms with Crippen LogP contribution < -0.4 is 4.90 Å². The molecule has 0 bridgehead atoms. The third-order valence-corrected chi connectivity index (χ3v) is 7.66. The van der Waals surface area contributed by atoms with Crippen molar-refractivity contribution in [2.24, 2.45) is 0 Å². The van der Waals surface area contributed by atoms with Gasteiger partial charge < -0.3 is 14.6 Å². The molecule has 3 heterocycles. The summed E-state index contributed by atoms with van der Waals surface area (Å²) in [6.45, 7) is 0.748. The van der Waals surface area contributed by atoms with Gasteiger partial charge in [-0.2, -0.15) is 22.7 Å². The molecule has 2 aromatic heterocycles. The third kappa shape index (κ3) is 5.05. The Labute approximate surface area is 204 Å². The van der Waals surface area contributed by atoms with Crippen LogP contribution in [0.5, 0.6) is 0 Å². The van der Waals surface area contributed by atoms with Crippen molar-refractivity contribution >= 4 is 21.8 Å². The summed E-state index contributed by atoms with van der Waals surface area (Å²) in [4.78, 5) is 16.9. The van der Waals surface area contributed by atoms with E-state index >= 15 is 0 Å². The van der Waals surface area contributed by atoms with E-state index in [2.05, 4.69) is 4.98 Å². The van der Waals surface area contributed by atoms with Crippen LogP contribution in [0.3, 0.4) is 0 Å². The molecule has 1 saturated heterocycles. The standard InChI is InChI=1S/C23H20F3N5O4S/c24-23(25,26)18-11-17(16-4-6-30(15-16)20(14-27)22(32)33)12-19(13-18)36(34,35)31-9-7-29(8-10-31)21-3-1-2-5-28-21/h1-6,11-13,15,20H,7-10H2,(H,32,33). The number of aromatic nitrogens is 2. The van der Waals surface area contributed by atoms with Gasteiger partial charge in [0.1, 0.15) is 5.82 Å². The maximum absolute atomic E-state index is 13.7. The summed E-state index contributed by atoms with van der Waals surface area (Å²) in [5, 5.41) is 18.2. The van der Waals surface area contributed by atoms with Gasteiger partial charge in [0, 0.05) is 44.8 Å². The minimum atomic E-state index is -4.82. The number of nitrogens with zero attached hydrogens (tertiary/aromatic N) is 5. The molecule has 0 aliphatic carbocycles. The Bertz CT molecular complexity index is 1410. The van der Waals surface area contributed by atoms with Crippen molar-refractivity contribution in [3.8, 4) is 17.2 Å². The SMILES string of the molecule is N#CC(C(=O)O)n1ccc(-c2cc(C(F)(F)F)cc(S(=O)(=O)N3CCN(c4ccccn4)CC3)c2)c1. The molecule has 1 aromatic carbocycles. The van der Waals surface area contributed by atoms with E-state index in [1.807, 2.05) is 4.90 Å². The molecule has 1 N–H and O–H groups in total. The van der Waals surface area contributed by atoms with E-state index in [0.717, 1.165) is 21.0 Å². The summed E-state index contributed by atoms with van der Waals surface area (Å²) >= 11 is 0. The summed E-state index contributed by atoms with van der Waals surface area (Å²) in [7, 11) is -4.28. The summed E-state index contributed by atoms with van der Waals surface area (Å²) in [6.07, 6.45) is -0.774. The first kappa shape index (κ1) is 25.2. The van der Waals surface area contributed by atoms with Crippen LogP contribution in [0.15, 0.2) is 66.0 Å². The van der Waals surface area contributed by atoms with Crippen molar-refractivity contribution in [3.63, 3.8) is 0 Å². The van der Waals surface area contributed by atoms with Gasteiger partial charge in [-0.1, -0.05) is 6.07 Å². The Balaban J connectivity index is 1.67. The lowest BCUT2D eigenvalue weighted by atomic mass is 10.1. The van der Waals surface area contributed by atoms with Gasteiger partial charge in [-0.25, -0.2) is 18.2 Å². The molecular formula is C23H20F3N5O4S. The van der Waals surface area contributed by atoms with Crippen LogP contribution in [0, 0.1) is 11.3 Å². The highest BCUT2D eigenvalue weighted by molar-refractivity contribution is 7.89. The second kappa shape index (κ2) is 9.63. The van der Waals surface area contributed by atoms with E-state index in [1.54, 1.807) is 30.5 Å². The first-order valence-corrected chi connectivity index (χ1v) is 12.1. The lowest BCUT2D eigenvalue weighted by Crippen LogP contribution is -2.48. The quantitative estimate of drug-likeness (QED) is 0.531. The highest BCUT2D eigenvalue weighted by Crippen LogP contribution is 2.36. The smallest absolute Gasteiger partial charge is 0.416 e. The summed E-state index contributed by atoms with van der Waals surface area (Å²) in [5.41, 5.74) is -1.09. The number of pyridine rings is 1. The van der Waals surface area contributed by atoms with Gasteiger partial charge in [0.25, 0.3) is 0 Å². The molecule has 1 atom stereocenters. The lowest BCUT2D eigenvalue weighted by molar-refractivity contribution is -0.139. The second-order valence-electron chi connectivity index (χ2n) is 8.04. The van der Waals surface area contributed by atoms with Gasteiger partial charge in [-0.05, 0) is 47.5 Å². The number of carbonyl (C=O) groups is 1. The van der Waals surface area contributed by atoms with Crippen molar-refractivity contribution in [2.75, 3.05) is 31.1 Å². The Kier molecular flexibility index (Phi) is 6.75. The molecule has 0 amide bonds. The molecule has 13 heteroatoms. The number of alkyl halides is 3. The van der Waals surface area contributed by atoms with Crippen LogP contribution in [-0.2, 0) is 21.0 Å². The van der Waals surface area contributed by atoms with Gasteiger partial charge >= 0.3 is 12.1 Å². The monoisotopic (exact) mass is 519 g/mol. The number of anilines is 1. The second-order valence-corrected chi connectivity index (χ2v) is 9.98. The van der Waals surface area contributed by atoms with Crippen LogP contribution >= 0.6 is 0 Å². The summed E-state index contributed by atoms with van der Waals surface area (Å²) < 4.78 is 69.9. The summed E-state index contributed by atoms with van der Waals surface area (Å²) in [6, 6.07) is 9.18. The predicted octanol–water partition coefficient (Wildman–Crippen LogP) is 3.23. The van der Waals surface area contributed by atoms with E-state index in [4.69, 9.17) is 10.4 Å². The van der Waals surface area contributed by atoms with Crippen molar-refractivity contribution in [2.45, 2.75) is 17.1 Å². The number of rotatable bonds is 6. The van der Waals surface area contributed by atoms with Gasteiger partial charge in [-0.3, -0.25) is 0 Å². The molecule has 1 aliphatic heterocycles. The molecule has 1 aliphatic rings. The molecule has 4 rings (SSSR count). The third-order valence-electron chi connectivity index (χ3n) is 5.79. The molecular weight excluding hydrogens is 499 g/mol. The number of aliphatic carboxylic acids is 1. The number of carboxylic acids is 1. The van der Waals surface area contributed by atoms with Crippen LogP contribution in [0.1, 0.15) is 11.6 Å². The van der Waals surface area contributed by atoms with Crippen molar-refractivity contribution in [3.05, 3.63) is 66.6 Å². The Morgan fingerprint density at radius 3 is 2.39 bits per heavy atom. The number of hydrogen-bond donors (Lipinski definition) is 1. The first-order chi connectivity index (χ1) is 17.0. The lowest BCUT2D eigenvalue weighted by Gasteiger charge is -2.34. The maximum atomic E-state index is 13.7. The minimum Gasteiger partial charge on any atom is -0.479 e. The molecule has 188 valence electrons. The first-order valence-electron chi connectivity index (χ1n) is 10.7. The average molecular weight is 520 g/mol. The number of sulfonamides is 1. The van der Waals surface area contributed by atoms with E-state index in [9.17, 15) is 26.4 Å². The van der Waals surface area contributed by atoms with Crippen LogP contribution in [-0.4, -0.2) is 59.5 Å². The maximum Gasteiger partial charge on any atom is 0.416 e. The fraction of sp³-hybridized carbons (Fsp3) is 0.261. The van der Waals surface area contributed by atoms with Gasteiger partial charge in [-0.15, -0.1) is 0 Å². The zero-order valence-electron chi connectivity index (χ0n) is 18.6. The van der Waals surface area contributed by atoms with Crippen LogP contribution in [0.25, 0.3) is 11.1 Å². The Morgan fingerprint density at radius 1 is 1.08 bits per heavy atom. The zero-order chi connectivity index (χ0) is 26.1. The van der Waals surface area contributed by atoms with Crippen molar-refractivity contribution in [1.29, 1.82) is 5.26 Å². The molecule has 1 unspecified atom stereocenters. The van der Waals surface area contributed by atoms with Crippen molar-refractivity contribution < 1.29 is 31.5 Å². The van der Waals surface area contributed by atoms with Crippen molar-refractivity contribution in [1.82, 2.24) is 13.9 Å². The number of halogens is 3. The molecule has 9 nitrogen and oxygen atoms in total. The largest absolute Gasteiger partial charge is 0.479 e. The van der Waals surface area contributed by atoms with Gasteiger partial charge in [0.2, 0.25) is 16.1 Å². The van der Waals surface area contributed by atoms with E-state index < -0.39 is 38.7 Å². The average Bonchev–Trinajstić information content (AvgIpc) is 3.34. The summed E-state index contributed by atoms with van der Waals surface area (Å²) in [5.74, 6) is -0.755. The number of hydrogen-bond acceptors (Lipinski definition) is 6. The van der Waals surface area contributed by atoms with Gasteiger partial charge in [0.15, 0.2) is 0 Å². The predicted molar refractivity (Wildman–Crippen MR) is 122 cm³/mol. The molecule has 36 heavy (non-hydrogen) atoms. The highest BCUT2D eigenvalue weighted by Gasteiger charge is 2.35. The molecule has 0 spiro atoms.